The van der Waals surface area contributed by atoms with E-state index in [1.54, 1.807) is 7.11 Å². The lowest BCUT2D eigenvalue weighted by molar-refractivity contribution is 0.199. The van der Waals surface area contributed by atoms with Gasteiger partial charge in [0.05, 0.1) is 12.0 Å². The number of nitrogens with zero attached hydrogens (tertiary/aromatic N) is 3. The molecule has 1 atom stereocenters. The molecule has 1 aliphatic rings. The number of halogens is 1. The second kappa shape index (κ2) is 5.29. The third kappa shape index (κ3) is 3.06. The number of methoxy groups -OCH3 is 1. The van der Waals surface area contributed by atoms with E-state index in [-0.39, 0.29) is 5.38 Å². The van der Waals surface area contributed by atoms with E-state index in [1.807, 2.05) is 11.9 Å². The van der Waals surface area contributed by atoms with Crippen molar-refractivity contribution in [1.29, 1.82) is 0 Å². The van der Waals surface area contributed by atoms with Gasteiger partial charge in [-0.1, -0.05) is 0 Å². The number of hydrogen-bond donors (Lipinski definition) is 0. The maximum absolute atomic E-state index is 6.10. The molecule has 90 valence electrons. The van der Waals surface area contributed by atoms with E-state index >= 15 is 0 Å². The van der Waals surface area contributed by atoms with Crippen LogP contribution < -0.4 is 4.90 Å². The highest BCUT2D eigenvalue weighted by Crippen LogP contribution is 2.39. The molecule has 1 saturated carbocycles. The van der Waals surface area contributed by atoms with Gasteiger partial charge in [-0.05, 0) is 12.8 Å². The quantitative estimate of drug-likeness (QED) is 0.735. The van der Waals surface area contributed by atoms with Crippen LogP contribution in [0.25, 0.3) is 0 Å². The third-order valence-corrected chi connectivity index (χ3v) is 3.63. The van der Waals surface area contributed by atoms with Crippen molar-refractivity contribution in [1.82, 2.24) is 9.36 Å². The molecule has 1 aliphatic carbocycles. The molecule has 1 fully saturated rings. The summed E-state index contributed by atoms with van der Waals surface area (Å²) in [6.45, 7) is 1.29. The normalized spacial score (nSPS) is 17.4. The largest absolute Gasteiger partial charge is 0.383 e. The van der Waals surface area contributed by atoms with Crippen LogP contribution in [0.4, 0.5) is 5.13 Å². The Bertz CT molecular complexity index is 343. The van der Waals surface area contributed by atoms with Crippen LogP contribution in [0.5, 0.6) is 0 Å². The Balaban J connectivity index is 1.89. The number of hydrogen-bond acceptors (Lipinski definition) is 5. The molecule has 1 aromatic heterocycles. The molecule has 2 rings (SSSR count). The summed E-state index contributed by atoms with van der Waals surface area (Å²) >= 11 is 7.55. The van der Waals surface area contributed by atoms with E-state index in [9.17, 15) is 0 Å². The first-order valence-electron chi connectivity index (χ1n) is 5.38. The summed E-state index contributed by atoms with van der Waals surface area (Å²) in [5.74, 6) is 1.62. The van der Waals surface area contributed by atoms with Crippen LogP contribution in [-0.4, -0.2) is 42.0 Å². The van der Waals surface area contributed by atoms with Crippen LogP contribution in [0, 0.1) is 0 Å². The highest BCUT2D eigenvalue weighted by molar-refractivity contribution is 7.09. The van der Waals surface area contributed by atoms with Gasteiger partial charge >= 0.3 is 0 Å². The molecule has 0 N–H and O–H groups in total. The summed E-state index contributed by atoms with van der Waals surface area (Å²) in [7, 11) is 3.65. The van der Waals surface area contributed by atoms with E-state index in [1.165, 1.54) is 24.4 Å². The molecule has 0 amide bonds. The minimum absolute atomic E-state index is 0.0109. The van der Waals surface area contributed by atoms with Crippen molar-refractivity contribution < 1.29 is 4.74 Å². The Hall–Kier alpha value is -0.390. The SMILES string of the molecule is COCC(Cl)CN(C)c1nc(C2CC2)ns1. The van der Waals surface area contributed by atoms with Crippen molar-refractivity contribution >= 4 is 28.3 Å². The molecule has 0 spiro atoms. The first-order valence-corrected chi connectivity index (χ1v) is 6.59. The van der Waals surface area contributed by atoms with E-state index in [2.05, 4.69) is 9.36 Å². The lowest BCUT2D eigenvalue weighted by Crippen LogP contribution is -2.28. The van der Waals surface area contributed by atoms with E-state index in [0.29, 0.717) is 12.5 Å². The van der Waals surface area contributed by atoms with Gasteiger partial charge in [0.1, 0.15) is 5.82 Å². The van der Waals surface area contributed by atoms with Gasteiger partial charge in [-0.2, -0.15) is 4.37 Å². The Morgan fingerprint density at radius 2 is 2.38 bits per heavy atom. The highest BCUT2D eigenvalue weighted by Gasteiger charge is 2.28. The number of anilines is 1. The maximum Gasteiger partial charge on any atom is 0.204 e. The zero-order valence-electron chi connectivity index (χ0n) is 9.52. The molecule has 1 aromatic rings. The van der Waals surface area contributed by atoms with Gasteiger partial charge in [0, 0.05) is 38.2 Å². The monoisotopic (exact) mass is 261 g/mol. The molecule has 6 heteroatoms. The van der Waals surface area contributed by atoms with Gasteiger partial charge in [0.2, 0.25) is 5.13 Å². The van der Waals surface area contributed by atoms with Crippen LogP contribution in [0.2, 0.25) is 0 Å². The fourth-order valence-corrected chi connectivity index (χ4v) is 2.54. The van der Waals surface area contributed by atoms with Crippen LogP contribution in [0.15, 0.2) is 0 Å². The number of aromatic nitrogens is 2. The van der Waals surface area contributed by atoms with Crippen molar-refractivity contribution in [2.24, 2.45) is 0 Å². The summed E-state index contributed by atoms with van der Waals surface area (Å²) in [5.41, 5.74) is 0. The third-order valence-electron chi connectivity index (χ3n) is 2.52. The lowest BCUT2D eigenvalue weighted by atomic mass is 10.4. The van der Waals surface area contributed by atoms with Crippen LogP contribution in [0.3, 0.4) is 0 Å². The first-order chi connectivity index (χ1) is 7.70. The molecule has 0 aromatic carbocycles. The molecular formula is C10H16ClN3OS. The first kappa shape index (κ1) is 12.1. The van der Waals surface area contributed by atoms with Crippen molar-refractivity contribution in [2.45, 2.75) is 24.1 Å². The average Bonchev–Trinajstić information content (AvgIpc) is 2.96. The van der Waals surface area contributed by atoms with Crippen molar-refractivity contribution in [3.63, 3.8) is 0 Å². The summed E-state index contributed by atoms with van der Waals surface area (Å²) < 4.78 is 9.37. The fourth-order valence-electron chi connectivity index (χ4n) is 1.50. The predicted octanol–water partition coefficient (Wildman–Crippen LogP) is 2.11. The summed E-state index contributed by atoms with van der Waals surface area (Å²) in [4.78, 5) is 6.56. The molecule has 4 nitrogen and oxygen atoms in total. The smallest absolute Gasteiger partial charge is 0.204 e. The molecule has 0 saturated heterocycles. The molecule has 0 radical (unpaired) electrons. The lowest BCUT2D eigenvalue weighted by Gasteiger charge is -2.18. The minimum Gasteiger partial charge on any atom is -0.383 e. The molecule has 1 unspecified atom stereocenters. The summed E-state index contributed by atoms with van der Waals surface area (Å²) in [6.07, 6.45) is 2.48. The Labute approximate surface area is 105 Å². The molecular weight excluding hydrogens is 246 g/mol. The predicted molar refractivity (Wildman–Crippen MR) is 66.7 cm³/mol. The maximum atomic E-state index is 6.10. The van der Waals surface area contributed by atoms with Crippen molar-refractivity contribution in [3.8, 4) is 0 Å². The molecule has 0 aliphatic heterocycles. The molecule has 1 heterocycles. The second-order valence-electron chi connectivity index (χ2n) is 4.14. The average molecular weight is 262 g/mol. The summed E-state index contributed by atoms with van der Waals surface area (Å²) in [6, 6.07) is 0. The van der Waals surface area contributed by atoms with Gasteiger partial charge in [0.15, 0.2) is 0 Å². The van der Waals surface area contributed by atoms with Crippen molar-refractivity contribution in [2.75, 3.05) is 32.2 Å². The van der Waals surface area contributed by atoms with Gasteiger partial charge in [-0.3, -0.25) is 0 Å². The zero-order valence-corrected chi connectivity index (χ0v) is 11.1. The van der Waals surface area contributed by atoms with Gasteiger partial charge < -0.3 is 9.64 Å². The number of rotatable bonds is 6. The highest BCUT2D eigenvalue weighted by atomic mass is 35.5. The minimum atomic E-state index is -0.0109. The van der Waals surface area contributed by atoms with E-state index in [4.69, 9.17) is 16.3 Å². The van der Waals surface area contributed by atoms with Crippen LogP contribution in [0.1, 0.15) is 24.6 Å². The topological polar surface area (TPSA) is 38.2 Å². The second-order valence-corrected chi connectivity index (χ2v) is 5.49. The van der Waals surface area contributed by atoms with Crippen molar-refractivity contribution in [3.05, 3.63) is 5.82 Å². The van der Waals surface area contributed by atoms with Crippen LogP contribution >= 0.6 is 23.1 Å². The van der Waals surface area contributed by atoms with E-state index in [0.717, 1.165) is 17.5 Å². The number of alkyl halides is 1. The van der Waals surface area contributed by atoms with Crippen LogP contribution in [-0.2, 0) is 4.74 Å². The molecule has 0 bridgehead atoms. The van der Waals surface area contributed by atoms with Gasteiger partial charge in [-0.25, -0.2) is 4.98 Å². The number of ether oxygens (including phenoxy) is 1. The Kier molecular flexibility index (Phi) is 4.00. The Morgan fingerprint density at radius 1 is 1.62 bits per heavy atom. The molecule has 16 heavy (non-hydrogen) atoms. The van der Waals surface area contributed by atoms with Gasteiger partial charge in [0.25, 0.3) is 0 Å². The summed E-state index contributed by atoms with van der Waals surface area (Å²) in [5, 5.41) is 0.937. The van der Waals surface area contributed by atoms with E-state index < -0.39 is 0 Å². The standard InChI is InChI=1S/C10H16ClN3OS/c1-14(5-8(11)6-15-2)10-12-9(13-16-10)7-3-4-7/h7-8H,3-6H2,1-2H3. The zero-order chi connectivity index (χ0) is 11.5. The van der Waals surface area contributed by atoms with Gasteiger partial charge in [-0.15, -0.1) is 11.6 Å². The fraction of sp³-hybridized carbons (Fsp3) is 0.800. The Morgan fingerprint density at radius 3 is 3.00 bits per heavy atom.